The van der Waals surface area contributed by atoms with E-state index in [1.54, 1.807) is 0 Å². The van der Waals surface area contributed by atoms with E-state index in [1.165, 1.54) is 51.5 Å². The summed E-state index contributed by atoms with van der Waals surface area (Å²) < 4.78 is 0. The molecule has 0 aliphatic rings. The van der Waals surface area contributed by atoms with Crippen LogP contribution in [0.4, 0.5) is 0 Å². The number of rotatable bonds is 18. The second-order valence-electron chi connectivity index (χ2n) is 14.0. The summed E-state index contributed by atoms with van der Waals surface area (Å²) in [6.45, 7) is 9.24. The van der Waals surface area contributed by atoms with Gasteiger partial charge in [-0.05, 0) is 60.4 Å². The molecule has 258 valence electrons. The molecule has 0 saturated heterocycles. The van der Waals surface area contributed by atoms with Gasteiger partial charge in [0, 0.05) is 12.0 Å². The molecular weight excluding hydrogens is 593 g/mol. The summed E-state index contributed by atoms with van der Waals surface area (Å²) in [4.78, 5) is 14.8. The van der Waals surface area contributed by atoms with Crippen LogP contribution in [0.1, 0.15) is 112 Å². The fourth-order valence-electron chi connectivity index (χ4n) is 8.35. The smallest absolute Gasteiger partial charge is 0.167 e. The molecule has 0 aliphatic heterocycles. The molecule has 0 bridgehead atoms. The van der Waals surface area contributed by atoms with Crippen LogP contribution in [0.15, 0.2) is 109 Å². The highest BCUT2D eigenvalue weighted by molar-refractivity contribution is 7.12. The molecular formula is C46H60BNO. The summed E-state index contributed by atoms with van der Waals surface area (Å²) >= 11 is 0. The highest BCUT2D eigenvalue weighted by Gasteiger charge is 2.35. The monoisotopic (exact) mass is 653 g/mol. The van der Waals surface area contributed by atoms with Crippen molar-refractivity contribution >= 4 is 39.1 Å². The maximum Gasteiger partial charge on any atom is 0.167 e. The first-order valence-electron chi connectivity index (χ1n) is 19.0. The summed E-state index contributed by atoms with van der Waals surface area (Å²) in [5.74, 6) is 0.231. The molecule has 0 atom stereocenters. The molecule has 0 fully saturated rings. The molecule has 5 aromatic carbocycles. The van der Waals surface area contributed by atoms with E-state index in [2.05, 4.69) is 131 Å². The average molecular weight is 654 g/mol. The molecule has 0 radical (unpaired) electrons. The summed E-state index contributed by atoms with van der Waals surface area (Å²) in [7, 11) is 0. The van der Waals surface area contributed by atoms with Crippen LogP contribution in [0.25, 0.3) is 10.8 Å². The van der Waals surface area contributed by atoms with Crippen molar-refractivity contribution in [1.29, 1.82) is 0 Å². The third-order valence-electron chi connectivity index (χ3n) is 10.8. The van der Waals surface area contributed by atoms with Crippen molar-refractivity contribution < 1.29 is 4.79 Å². The molecule has 4 N–H and O–H groups in total. The Morgan fingerprint density at radius 1 is 0.551 bits per heavy atom. The van der Waals surface area contributed by atoms with Crippen LogP contribution < -0.4 is 22.5 Å². The summed E-state index contributed by atoms with van der Waals surface area (Å²) in [6, 6.07) is 39.9. The van der Waals surface area contributed by atoms with Gasteiger partial charge in [-0.2, -0.15) is 22.7 Å². The van der Waals surface area contributed by atoms with Crippen LogP contribution in [0.3, 0.4) is 0 Å². The predicted octanol–water partition coefficient (Wildman–Crippen LogP) is 10.9. The minimum absolute atomic E-state index is 0. The van der Waals surface area contributed by atoms with Gasteiger partial charge in [-0.15, -0.1) is 0 Å². The SMILES string of the molecule is CCCCc1cc(CCCC)c(CC(=O)c2cccc3ccccc23)c([B-](CCCC)(c2ccccc2)c2ccccc2)c1CCCC.[NH4+]. The number of aryl methyl sites for hydroxylation is 2. The number of hydrogen-bond donors (Lipinski definition) is 1. The molecule has 0 spiro atoms. The maximum absolute atomic E-state index is 14.8. The van der Waals surface area contributed by atoms with Crippen LogP contribution in [-0.4, -0.2) is 11.9 Å². The van der Waals surface area contributed by atoms with Crippen LogP contribution in [0, 0.1) is 0 Å². The highest BCUT2D eigenvalue weighted by Crippen LogP contribution is 2.30. The second kappa shape index (κ2) is 18.7. The largest absolute Gasteiger partial charge is 0.369 e. The molecule has 5 rings (SSSR count). The zero-order valence-electron chi connectivity index (χ0n) is 31.1. The minimum atomic E-state index is -1.37. The zero-order valence-corrected chi connectivity index (χ0v) is 31.1. The number of unbranched alkanes of at least 4 members (excludes halogenated alkanes) is 4. The number of ketones is 1. The summed E-state index contributed by atoms with van der Waals surface area (Å²) in [6.07, 6.45) is 12.5. The standard InChI is InChI=1S/C46H56BO.H3N/c1-5-9-22-37-34-38(23-10-6-2)44(35-45(48)43-32-21-25-36-24-19-20-31-41(36)43)46(42(37)30-11-7-3)47(33-12-8-4,39-26-15-13-16-27-39)40-28-17-14-18-29-40;/h13-21,24-29,31-32,34H,5-12,22-23,30,33,35H2,1-4H3;1H3/q-1;/p+1. The van der Waals surface area contributed by atoms with Crippen LogP contribution >= 0.6 is 0 Å². The first-order valence-corrected chi connectivity index (χ1v) is 19.0. The molecule has 0 heterocycles. The van der Waals surface area contributed by atoms with Gasteiger partial charge in [-0.1, -0.05) is 180 Å². The van der Waals surface area contributed by atoms with E-state index in [-0.39, 0.29) is 11.9 Å². The molecule has 3 heteroatoms. The lowest BCUT2D eigenvalue weighted by atomic mass is 9.13. The van der Waals surface area contributed by atoms with Crippen LogP contribution in [0.2, 0.25) is 6.32 Å². The average Bonchev–Trinajstić information content (AvgIpc) is 3.14. The number of Topliss-reactive ketones (excluding diaryl/α,β-unsaturated/α-hetero) is 1. The van der Waals surface area contributed by atoms with E-state index in [9.17, 15) is 4.79 Å². The van der Waals surface area contributed by atoms with Gasteiger partial charge in [0.25, 0.3) is 0 Å². The van der Waals surface area contributed by atoms with Gasteiger partial charge in [0.2, 0.25) is 0 Å². The van der Waals surface area contributed by atoms with Crippen molar-refractivity contribution in [1.82, 2.24) is 6.15 Å². The lowest BCUT2D eigenvalue weighted by molar-refractivity contribution is 0.0994. The Labute approximate surface area is 297 Å². The maximum atomic E-state index is 14.8. The van der Waals surface area contributed by atoms with Gasteiger partial charge < -0.3 is 6.15 Å². The van der Waals surface area contributed by atoms with E-state index < -0.39 is 6.15 Å². The second-order valence-corrected chi connectivity index (χ2v) is 14.0. The lowest BCUT2D eigenvalue weighted by Gasteiger charge is -2.47. The van der Waals surface area contributed by atoms with Crippen molar-refractivity contribution in [2.45, 2.75) is 111 Å². The lowest BCUT2D eigenvalue weighted by Crippen LogP contribution is -2.69. The topological polar surface area (TPSA) is 53.6 Å². The van der Waals surface area contributed by atoms with Gasteiger partial charge in [-0.25, -0.2) is 0 Å². The Kier molecular flexibility index (Phi) is 14.5. The van der Waals surface area contributed by atoms with Crippen molar-refractivity contribution in [3.63, 3.8) is 0 Å². The molecule has 0 aliphatic carbocycles. The summed E-state index contributed by atoms with van der Waals surface area (Å²) in [5.41, 5.74) is 10.9. The Morgan fingerprint density at radius 2 is 1.06 bits per heavy atom. The van der Waals surface area contributed by atoms with Gasteiger partial charge in [0.05, 0.1) is 6.15 Å². The van der Waals surface area contributed by atoms with Crippen molar-refractivity contribution in [2.75, 3.05) is 0 Å². The normalized spacial score (nSPS) is 11.4. The highest BCUT2D eigenvalue weighted by atomic mass is 16.1. The quantitative estimate of drug-likeness (QED) is 0.0743. The molecule has 0 saturated carbocycles. The number of fused-ring (bicyclic) bond motifs is 1. The minimum Gasteiger partial charge on any atom is -0.369 e. The molecule has 2 nitrogen and oxygen atoms in total. The van der Waals surface area contributed by atoms with Crippen molar-refractivity contribution in [3.8, 4) is 0 Å². The van der Waals surface area contributed by atoms with Crippen molar-refractivity contribution in [2.24, 2.45) is 0 Å². The van der Waals surface area contributed by atoms with Gasteiger partial charge >= 0.3 is 0 Å². The van der Waals surface area contributed by atoms with Gasteiger partial charge in [0.15, 0.2) is 5.78 Å². The number of carbonyl (C=O) groups excluding carboxylic acids is 1. The fourth-order valence-corrected chi connectivity index (χ4v) is 8.35. The van der Waals surface area contributed by atoms with Crippen molar-refractivity contribution in [3.05, 3.63) is 137 Å². The first kappa shape index (κ1) is 37.9. The number of hydrogen-bond acceptors (Lipinski definition) is 1. The number of benzene rings is 5. The third kappa shape index (κ3) is 8.44. The molecule has 0 unspecified atom stereocenters. The first-order chi connectivity index (χ1) is 23.6. The third-order valence-corrected chi connectivity index (χ3v) is 10.8. The van der Waals surface area contributed by atoms with Gasteiger partial charge in [0.1, 0.15) is 0 Å². The van der Waals surface area contributed by atoms with E-state index in [4.69, 9.17) is 0 Å². The molecule has 49 heavy (non-hydrogen) atoms. The van der Waals surface area contributed by atoms with Crippen LogP contribution in [-0.2, 0) is 25.7 Å². The molecule has 0 aromatic heterocycles. The molecule has 0 amide bonds. The van der Waals surface area contributed by atoms with E-state index in [0.717, 1.165) is 80.4 Å². The van der Waals surface area contributed by atoms with Crippen LogP contribution in [0.5, 0.6) is 0 Å². The Hall–Kier alpha value is -3.95. The number of quaternary nitrogens is 1. The fraction of sp³-hybridized carbons (Fsp3) is 0.370. The van der Waals surface area contributed by atoms with Gasteiger partial charge in [-0.3, -0.25) is 4.79 Å². The molecule has 5 aromatic rings. The Morgan fingerprint density at radius 3 is 1.65 bits per heavy atom. The van der Waals surface area contributed by atoms with E-state index in [0.29, 0.717) is 6.42 Å². The van der Waals surface area contributed by atoms with E-state index >= 15 is 0 Å². The Balaban J connectivity index is 0.00000541. The predicted molar refractivity (Wildman–Crippen MR) is 218 cm³/mol. The summed E-state index contributed by atoms with van der Waals surface area (Å²) in [5, 5.41) is 2.18. The Bertz CT molecular complexity index is 1720. The number of carbonyl (C=O) groups is 1. The zero-order chi connectivity index (χ0) is 33.8. The van der Waals surface area contributed by atoms with E-state index in [1.807, 2.05) is 6.07 Å².